The highest BCUT2D eigenvalue weighted by Crippen LogP contribution is 2.23. The lowest BCUT2D eigenvalue weighted by atomic mass is 10.3. The van der Waals surface area contributed by atoms with Crippen LogP contribution in [-0.2, 0) is 14.3 Å². The third-order valence-electron chi connectivity index (χ3n) is 3.16. The number of nitrogens with one attached hydrogen (secondary N) is 1. The number of nitrogens with two attached hydrogens (primary N) is 1. The first-order valence-corrected chi connectivity index (χ1v) is 8.41. The van der Waals surface area contributed by atoms with E-state index in [1.54, 1.807) is 17.5 Å². The number of thiophene rings is 1. The summed E-state index contributed by atoms with van der Waals surface area (Å²) >= 11 is 1.16. The molecule has 2 amide bonds. The molecule has 0 aliphatic rings. The van der Waals surface area contributed by atoms with E-state index < -0.39 is 23.9 Å². The van der Waals surface area contributed by atoms with Gasteiger partial charge >= 0.3 is 5.97 Å². The molecule has 0 aliphatic carbocycles. The van der Waals surface area contributed by atoms with Crippen molar-refractivity contribution in [3.05, 3.63) is 47.3 Å². The van der Waals surface area contributed by atoms with E-state index in [4.69, 9.17) is 15.2 Å². The first kappa shape index (κ1) is 18.5. The Morgan fingerprint density at radius 2 is 1.92 bits per heavy atom. The molecule has 1 heterocycles. The standard InChI is InChI=1S/C17H18N2O5S/c1-11(16(22)19-17-13(15(18)21)8-10-25-17)24-14(20)7-9-23-12-5-3-2-4-6-12/h2-6,8,10-11H,7,9H2,1H3,(H2,18,21)(H,19,22)/t11-/m1/s1. The molecule has 0 bridgehead atoms. The van der Waals surface area contributed by atoms with Gasteiger partial charge in [-0.3, -0.25) is 14.4 Å². The smallest absolute Gasteiger partial charge is 0.310 e. The number of hydrogen-bond donors (Lipinski definition) is 2. The monoisotopic (exact) mass is 362 g/mol. The Hall–Kier alpha value is -2.87. The summed E-state index contributed by atoms with van der Waals surface area (Å²) in [5.41, 5.74) is 5.43. The maximum atomic E-state index is 12.1. The Bertz CT molecular complexity index is 745. The zero-order valence-corrected chi connectivity index (χ0v) is 14.4. The van der Waals surface area contributed by atoms with Gasteiger partial charge in [0.2, 0.25) is 0 Å². The molecule has 2 rings (SSSR count). The molecule has 1 aromatic heterocycles. The Labute approximate surface area is 148 Å². The number of hydrogen-bond acceptors (Lipinski definition) is 6. The summed E-state index contributed by atoms with van der Waals surface area (Å²) in [6.45, 7) is 1.59. The minimum absolute atomic E-state index is 0.0120. The fraction of sp³-hybridized carbons (Fsp3) is 0.235. The molecule has 1 aromatic carbocycles. The second kappa shape index (κ2) is 8.84. The lowest BCUT2D eigenvalue weighted by Gasteiger charge is -2.13. The average Bonchev–Trinajstić information content (AvgIpc) is 3.04. The predicted molar refractivity (Wildman–Crippen MR) is 93.6 cm³/mol. The molecule has 7 nitrogen and oxygen atoms in total. The molecule has 0 saturated heterocycles. The van der Waals surface area contributed by atoms with Crippen LogP contribution in [0.5, 0.6) is 5.75 Å². The van der Waals surface area contributed by atoms with Gasteiger partial charge in [0, 0.05) is 0 Å². The second-order valence-corrected chi connectivity index (χ2v) is 5.98. The van der Waals surface area contributed by atoms with Gasteiger partial charge in [0.1, 0.15) is 10.8 Å². The second-order valence-electron chi connectivity index (χ2n) is 5.06. The number of anilines is 1. The number of amides is 2. The zero-order chi connectivity index (χ0) is 18.2. The lowest BCUT2D eigenvalue weighted by Crippen LogP contribution is -2.30. The van der Waals surface area contributed by atoms with E-state index in [0.29, 0.717) is 10.8 Å². The summed E-state index contributed by atoms with van der Waals surface area (Å²) in [6.07, 6.45) is -0.995. The molecular weight excluding hydrogens is 344 g/mol. The van der Waals surface area contributed by atoms with Crippen LogP contribution in [0.2, 0.25) is 0 Å². The quantitative estimate of drug-likeness (QED) is 0.700. The molecule has 0 aliphatic heterocycles. The fourth-order valence-electron chi connectivity index (χ4n) is 1.89. The van der Waals surface area contributed by atoms with Gasteiger partial charge in [-0.15, -0.1) is 11.3 Å². The molecule has 0 radical (unpaired) electrons. The van der Waals surface area contributed by atoms with Crippen molar-refractivity contribution in [2.75, 3.05) is 11.9 Å². The number of rotatable bonds is 8. The van der Waals surface area contributed by atoms with Gasteiger partial charge in [0.05, 0.1) is 18.6 Å². The van der Waals surface area contributed by atoms with E-state index >= 15 is 0 Å². The number of benzene rings is 1. The minimum Gasteiger partial charge on any atom is -0.493 e. The highest BCUT2D eigenvalue weighted by Gasteiger charge is 2.20. The first-order valence-electron chi connectivity index (χ1n) is 7.53. The molecule has 132 valence electrons. The lowest BCUT2D eigenvalue weighted by molar-refractivity contribution is -0.153. The molecular formula is C17H18N2O5S. The summed E-state index contributed by atoms with van der Waals surface area (Å²) in [5, 5.41) is 4.49. The van der Waals surface area contributed by atoms with Crippen molar-refractivity contribution in [3.8, 4) is 5.75 Å². The molecule has 8 heteroatoms. The van der Waals surface area contributed by atoms with Gasteiger partial charge in [-0.2, -0.15) is 0 Å². The third-order valence-corrected chi connectivity index (χ3v) is 3.99. The number of primary amides is 1. The highest BCUT2D eigenvalue weighted by molar-refractivity contribution is 7.14. The van der Waals surface area contributed by atoms with Crippen LogP contribution in [0.15, 0.2) is 41.8 Å². The van der Waals surface area contributed by atoms with E-state index in [-0.39, 0.29) is 18.6 Å². The van der Waals surface area contributed by atoms with Gasteiger partial charge < -0.3 is 20.5 Å². The molecule has 25 heavy (non-hydrogen) atoms. The van der Waals surface area contributed by atoms with E-state index in [2.05, 4.69) is 5.32 Å². The Balaban J connectivity index is 1.77. The average molecular weight is 362 g/mol. The number of para-hydroxylation sites is 1. The summed E-state index contributed by atoms with van der Waals surface area (Å²) in [6, 6.07) is 10.6. The molecule has 0 unspecified atom stereocenters. The predicted octanol–water partition coefficient (Wildman–Crippen LogP) is 2.19. The molecule has 3 N–H and O–H groups in total. The van der Waals surface area contributed by atoms with Gasteiger partial charge in [0.15, 0.2) is 6.10 Å². The van der Waals surface area contributed by atoms with Crippen molar-refractivity contribution < 1.29 is 23.9 Å². The van der Waals surface area contributed by atoms with E-state index in [1.165, 1.54) is 13.0 Å². The van der Waals surface area contributed by atoms with Crippen LogP contribution in [0.4, 0.5) is 5.00 Å². The Morgan fingerprint density at radius 3 is 2.60 bits per heavy atom. The topological polar surface area (TPSA) is 108 Å². The van der Waals surface area contributed by atoms with Gasteiger partial charge in [0.25, 0.3) is 11.8 Å². The SMILES string of the molecule is C[C@@H](OC(=O)CCOc1ccccc1)C(=O)Nc1sccc1C(N)=O. The fourth-order valence-corrected chi connectivity index (χ4v) is 2.69. The summed E-state index contributed by atoms with van der Waals surface area (Å²) < 4.78 is 10.5. The molecule has 0 fully saturated rings. The van der Waals surface area contributed by atoms with Gasteiger partial charge in [-0.05, 0) is 30.5 Å². The van der Waals surface area contributed by atoms with Crippen LogP contribution < -0.4 is 15.8 Å². The highest BCUT2D eigenvalue weighted by atomic mass is 32.1. The summed E-state index contributed by atoms with van der Waals surface area (Å²) in [4.78, 5) is 35.0. The van der Waals surface area contributed by atoms with Crippen LogP contribution in [0, 0.1) is 0 Å². The van der Waals surface area contributed by atoms with E-state index in [0.717, 1.165) is 11.3 Å². The minimum atomic E-state index is -1.01. The maximum Gasteiger partial charge on any atom is 0.310 e. The molecule has 0 spiro atoms. The first-order chi connectivity index (χ1) is 12.0. The Kier molecular flexibility index (Phi) is 6.53. The van der Waals surface area contributed by atoms with Crippen molar-refractivity contribution in [2.24, 2.45) is 5.73 Å². The van der Waals surface area contributed by atoms with Crippen LogP contribution in [0.3, 0.4) is 0 Å². The summed E-state index contributed by atoms with van der Waals surface area (Å²) in [5.74, 6) is -1.08. The van der Waals surface area contributed by atoms with E-state index in [9.17, 15) is 14.4 Å². The van der Waals surface area contributed by atoms with Crippen molar-refractivity contribution in [1.82, 2.24) is 0 Å². The maximum absolute atomic E-state index is 12.1. The number of ether oxygens (including phenoxy) is 2. The normalized spacial score (nSPS) is 11.4. The van der Waals surface area contributed by atoms with Gasteiger partial charge in [-0.25, -0.2) is 0 Å². The molecule has 0 saturated carbocycles. The summed E-state index contributed by atoms with van der Waals surface area (Å²) in [7, 11) is 0. The third kappa shape index (κ3) is 5.61. The molecule has 1 atom stereocenters. The molecule has 2 aromatic rings. The van der Waals surface area contributed by atoms with Crippen LogP contribution in [-0.4, -0.2) is 30.5 Å². The number of esters is 1. The van der Waals surface area contributed by atoms with E-state index in [1.807, 2.05) is 18.2 Å². The van der Waals surface area contributed by atoms with Crippen LogP contribution in [0.25, 0.3) is 0 Å². The van der Waals surface area contributed by atoms with Crippen LogP contribution in [0.1, 0.15) is 23.7 Å². The van der Waals surface area contributed by atoms with Crippen molar-refractivity contribution in [1.29, 1.82) is 0 Å². The zero-order valence-electron chi connectivity index (χ0n) is 13.6. The number of carbonyl (C=O) groups excluding carboxylic acids is 3. The van der Waals surface area contributed by atoms with Crippen molar-refractivity contribution in [2.45, 2.75) is 19.4 Å². The van der Waals surface area contributed by atoms with Crippen molar-refractivity contribution in [3.63, 3.8) is 0 Å². The number of carbonyl (C=O) groups is 3. The van der Waals surface area contributed by atoms with Crippen molar-refractivity contribution >= 4 is 34.1 Å². The van der Waals surface area contributed by atoms with Gasteiger partial charge in [-0.1, -0.05) is 18.2 Å². The largest absolute Gasteiger partial charge is 0.493 e. The van der Waals surface area contributed by atoms with Crippen LogP contribution >= 0.6 is 11.3 Å². The Morgan fingerprint density at radius 1 is 1.20 bits per heavy atom.